The first-order chi connectivity index (χ1) is 6.81. The highest BCUT2D eigenvalue weighted by molar-refractivity contribution is 5.46. The SMILES string of the molecule is C[C@@H](N)c1cccc(OC(F)(F)F)c1O. The topological polar surface area (TPSA) is 55.5 Å². The molecule has 3 nitrogen and oxygen atoms in total. The molecule has 0 saturated heterocycles. The molecule has 15 heavy (non-hydrogen) atoms. The predicted octanol–water partition coefficient (Wildman–Crippen LogP) is 2.31. The summed E-state index contributed by atoms with van der Waals surface area (Å²) in [5, 5.41) is 9.42. The Bertz CT molecular complexity index is 350. The van der Waals surface area contributed by atoms with Gasteiger partial charge < -0.3 is 15.6 Å². The number of nitrogens with two attached hydrogens (primary N) is 1. The van der Waals surface area contributed by atoms with E-state index in [0.717, 1.165) is 6.07 Å². The molecule has 84 valence electrons. The molecule has 6 heteroatoms. The van der Waals surface area contributed by atoms with Gasteiger partial charge >= 0.3 is 6.36 Å². The van der Waals surface area contributed by atoms with Crippen molar-refractivity contribution in [1.82, 2.24) is 0 Å². The van der Waals surface area contributed by atoms with Gasteiger partial charge in [0.1, 0.15) is 0 Å². The van der Waals surface area contributed by atoms with E-state index in [2.05, 4.69) is 4.74 Å². The summed E-state index contributed by atoms with van der Waals surface area (Å²) in [6.07, 6.45) is -4.83. The number of alkyl halides is 3. The lowest BCUT2D eigenvalue weighted by molar-refractivity contribution is -0.275. The zero-order valence-corrected chi connectivity index (χ0v) is 7.88. The second-order valence-corrected chi connectivity index (χ2v) is 3.03. The Morgan fingerprint density at radius 1 is 1.40 bits per heavy atom. The largest absolute Gasteiger partial charge is 0.573 e. The lowest BCUT2D eigenvalue weighted by Crippen LogP contribution is -2.17. The fourth-order valence-electron chi connectivity index (χ4n) is 1.11. The van der Waals surface area contributed by atoms with E-state index in [1.165, 1.54) is 12.1 Å². The first kappa shape index (κ1) is 11.6. The molecule has 0 spiro atoms. The Balaban J connectivity index is 3.05. The minimum atomic E-state index is -4.83. The maximum Gasteiger partial charge on any atom is 0.573 e. The molecule has 0 aliphatic carbocycles. The minimum absolute atomic E-state index is 0.205. The molecular weight excluding hydrogens is 211 g/mol. The Kier molecular flexibility index (Phi) is 3.09. The van der Waals surface area contributed by atoms with E-state index in [4.69, 9.17) is 5.73 Å². The van der Waals surface area contributed by atoms with Crippen molar-refractivity contribution in [3.63, 3.8) is 0 Å². The van der Waals surface area contributed by atoms with E-state index in [1.54, 1.807) is 6.92 Å². The normalized spacial score (nSPS) is 13.7. The molecule has 0 aliphatic rings. The molecule has 0 amide bonds. The summed E-state index contributed by atoms with van der Waals surface area (Å²) in [4.78, 5) is 0. The van der Waals surface area contributed by atoms with Crippen molar-refractivity contribution >= 4 is 0 Å². The van der Waals surface area contributed by atoms with Crippen LogP contribution in [-0.2, 0) is 0 Å². The van der Waals surface area contributed by atoms with E-state index < -0.39 is 23.9 Å². The molecule has 0 aliphatic heterocycles. The van der Waals surface area contributed by atoms with E-state index >= 15 is 0 Å². The van der Waals surface area contributed by atoms with Crippen LogP contribution in [-0.4, -0.2) is 11.5 Å². The third-order valence-corrected chi connectivity index (χ3v) is 1.75. The summed E-state index contributed by atoms with van der Waals surface area (Å²) < 4.78 is 39.3. The van der Waals surface area contributed by atoms with Crippen molar-refractivity contribution in [1.29, 1.82) is 0 Å². The number of phenols is 1. The zero-order valence-electron chi connectivity index (χ0n) is 7.88. The van der Waals surface area contributed by atoms with Crippen molar-refractivity contribution in [2.75, 3.05) is 0 Å². The molecule has 0 fully saturated rings. The van der Waals surface area contributed by atoms with E-state index in [9.17, 15) is 18.3 Å². The van der Waals surface area contributed by atoms with Crippen LogP contribution in [0.25, 0.3) is 0 Å². The van der Waals surface area contributed by atoms with Gasteiger partial charge in [0.05, 0.1) is 0 Å². The van der Waals surface area contributed by atoms with Gasteiger partial charge in [-0.25, -0.2) is 0 Å². The minimum Gasteiger partial charge on any atom is -0.504 e. The zero-order chi connectivity index (χ0) is 11.6. The number of halogens is 3. The van der Waals surface area contributed by atoms with Crippen LogP contribution in [0.4, 0.5) is 13.2 Å². The molecule has 0 unspecified atom stereocenters. The lowest BCUT2D eigenvalue weighted by Gasteiger charge is -2.14. The summed E-state index contributed by atoms with van der Waals surface area (Å²) >= 11 is 0. The fourth-order valence-corrected chi connectivity index (χ4v) is 1.11. The first-order valence-electron chi connectivity index (χ1n) is 4.14. The first-order valence-corrected chi connectivity index (χ1v) is 4.14. The van der Waals surface area contributed by atoms with Crippen molar-refractivity contribution in [2.24, 2.45) is 5.73 Å². The summed E-state index contributed by atoms with van der Waals surface area (Å²) in [7, 11) is 0. The molecule has 1 aromatic carbocycles. The van der Waals surface area contributed by atoms with Crippen molar-refractivity contribution < 1.29 is 23.0 Å². The Morgan fingerprint density at radius 3 is 2.47 bits per heavy atom. The predicted molar refractivity (Wildman–Crippen MR) is 47.4 cm³/mol. The van der Waals surface area contributed by atoms with E-state index in [0.29, 0.717) is 0 Å². The number of rotatable bonds is 2. The van der Waals surface area contributed by atoms with Gasteiger partial charge in [0.15, 0.2) is 11.5 Å². The highest BCUT2D eigenvalue weighted by Crippen LogP contribution is 2.35. The molecule has 0 saturated carbocycles. The van der Waals surface area contributed by atoms with Crippen LogP contribution in [0, 0.1) is 0 Å². The van der Waals surface area contributed by atoms with Crippen LogP contribution in [0.2, 0.25) is 0 Å². The van der Waals surface area contributed by atoms with Crippen LogP contribution in [0.3, 0.4) is 0 Å². The number of ether oxygens (including phenoxy) is 1. The van der Waals surface area contributed by atoms with Gasteiger partial charge in [-0.2, -0.15) is 0 Å². The number of hydrogen-bond acceptors (Lipinski definition) is 3. The maximum absolute atomic E-state index is 11.9. The highest BCUT2D eigenvalue weighted by Gasteiger charge is 2.32. The number of phenolic OH excluding ortho intramolecular Hbond substituents is 1. The van der Waals surface area contributed by atoms with Crippen LogP contribution in [0.1, 0.15) is 18.5 Å². The Labute approximate surface area is 84.3 Å². The molecule has 1 rings (SSSR count). The Morgan fingerprint density at radius 2 is 2.00 bits per heavy atom. The van der Waals surface area contributed by atoms with Gasteiger partial charge in [0.2, 0.25) is 0 Å². The maximum atomic E-state index is 11.9. The van der Waals surface area contributed by atoms with Crippen LogP contribution in [0.15, 0.2) is 18.2 Å². The van der Waals surface area contributed by atoms with Gasteiger partial charge in [-0.3, -0.25) is 0 Å². The summed E-state index contributed by atoms with van der Waals surface area (Å²) in [5.74, 6) is -1.22. The quantitative estimate of drug-likeness (QED) is 0.805. The summed E-state index contributed by atoms with van der Waals surface area (Å²) in [6.45, 7) is 1.55. The van der Waals surface area contributed by atoms with Crippen molar-refractivity contribution in [3.05, 3.63) is 23.8 Å². The molecule has 0 aromatic heterocycles. The molecule has 0 heterocycles. The van der Waals surface area contributed by atoms with Gasteiger partial charge in [-0.15, -0.1) is 13.2 Å². The van der Waals surface area contributed by atoms with Gasteiger partial charge in [-0.05, 0) is 13.0 Å². The number of benzene rings is 1. The second-order valence-electron chi connectivity index (χ2n) is 3.03. The monoisotopic (exact) mass is 221 g/mol. The highest BCUT2D eigenvalue weighted by atomic mass is 19.4. The van der Waals surface area contributed by atoms with E-state index in [1.807, 2.05) is 0 Å². The number of hydrogen-bond donors (Lipinski definition) is 2. The molecule has 1 atom stereocenters. The van der Waals surface area contributed by atoms with Gasteiger partial charge in [0, 0.05) is 11.6 Å². The molecule has 3 N–H and O–H groups in total. The second kappa shape index (κ2) is 3.98. The number of aromatic hydroxyl groups is 1. The molecule has 0 radical (unpaired) electrons. The third kappa shape index (κ3) is 3.02. The summed E-state index contributed by atoms with van der Waals surface area (Å²) in [5.41, 5.74) is 5.66. The molecule has 0 bridgehead atoms. The van der Waals surface area contributed by atoms with Crippen molar-refractivity contribution in [2.45, 2.75) is 19.3 Å². The Hall–Kier alpha value is -1.43. The third-order valence-electron chi connectivity index (χ3n) is 1.75. The van der Waals surface area contributed by atoms with Crippen LogP contribution >= 0.6 is 0 Å². The summed E-state index contributed by atoms with van der Waals surface area (Å²) in [6, 6.07) is 3.22. The van der Waals surface area contributed by atoms with Crippen LogP contribution < -0.4 is 10.5 Å². The lowest BCUT2D eigenvalue weighted by atomic mass is 10.1. The average Bonchev–Trinajstić information content (AvgIpc) is 2.05. The molecule has 1 aromatic rings. The van der Waals surface area contributed by atoms with Gasteiger partial charge in [0.25, 0.3) is 0 Å². The fraction of sp³-hybridized carbons (Fsp3) is 0.333. The molecular formula is C9H10F3NO2. The van der Waals surface area contributed by atoms with Gasteiger partial charge in [-0.1, -0.05) is 12.1 Å². The number of para-hydroxylation sites is 1. The average molecular weight is 221 g/mol. The van der Waals surface area contributed by atoms with Crippen LogP contribution in [0.5, 0.6) is 11.5 Å². The smallest absolute Gasteiger partial charge is 0.504 e. The van der Waals surface area contributed by atoms with E-state index in [-0.39, 0.29) is 5.56 Å². The van der Waals surface area contributed by atoms with Crippen molar-refractivity contribution in [3.8, 4) is 11.5 Å². The standard InChI is InChI=1S/C9H10F3NO2/c1-5(13)6-3-2-4-7(8(6)14)15-9(10,11)12/h2-5,14H,13H2,1H3/t5-/m1/s1.